The molecule has 2 aromatic carbocycles. The second-order valence-corrected chi connectivity index (χ2v) is 9.71. The Hall–Kier alpha value is -3.92. The van der Waals surface area contributed by atoms with Gasteiger partial charge in [0.05, 0.1) is 12.6 Å². The molecule has 2 rings (SSSR count). The van der Waals surface area contributed by atoms with Crippen LogP contribution in [0.15, 0.2) is 60.7 Å². The zero-order valence-corrected chi connectivity index (χ0v) is 22.2. The molecule has 0 radical (unpaired) electrons. The fraction of sp³-hybridized carbons (Fsp3) is 0.429. The number of carbonyl (C=O) groups is 4. The van der Waals surface area contributed by atoms with Gasteiger partial charge in [0.15, 0.2) is 12.1 Å². The normalized spacial score (nSPS) is 13.4. The van der Waals surface area contributed by atoms with Crippen LogP contribution in [0.5, 0.6) is 0 Å². The van der Waals surface area contributed by atoms with Crippen LogP contribution < -0.4 is 16.0 Å². The van der Waals surface area contributed by atoms with Crippen LogP contribution in [0, 0.1) is 0 Å². The van der Waals surface area contributed by atoms with Crippen molar-refractivity contribution in [2.45, 2.75) is 70.9 Å². The fourth-order valence-corrected chi connectivity index (χ4v) is 3.48. The molecule has 0 aromatic heterocycles. The third-order valence-corrected chi connectivity index (χ3v) is 5.27. The molecule has 2 aromatic rings. The van der Waals surface area contributed by atoms with Gasteiger partial charge in [0.25, 0.3) is 5.91 Å². The van der Waals surface area contributed by atoms with Gasteiger partial charge in [0.2, 0.25) is 5.91 Å². The highest BCUT2D eigenvalue weighted by molar-refractivity contribution is 5.90. The molecule has 3 unspecified atom stereocenters. The molecule has 0 bridgehead atoms. The predicted octanol–water partition coefficient (Wildman–Crippen LogP) is 2.76. The van der Waals surface area contributed by atoms with Gasteiger partial charge >= 0.3 is 12.1 Å². The highest BCUT2D eigenvalue weighted by atomic mass is 16.6. The Labute approximate surface area is 223 Å². The van der Waals surface area contributed by atoms with Crippen LogP contribution in [-0.4, -0.2) is 53.3 Å². The molecule has 38 heavy (non-hydrogen) atoms. The number of alkyl carbamates (subject to hydrolysis) is 1. The third-order valence-electron chi connectivity index (χ3n) is 5.27. The zero-order valence-electron chi connectivity index (χ0n) is 22.2. The van der Waals surface area contributed by atoms with E-state index in [4.69, 9.17) is 9.47 Å². The third kappa shape index (κ3) is 10.6. The molecule has 0 saturated carbocycles. The molecule has 0 spiro atoms. The molecule has 0 fully saturated rings. The quantitative estimate of drug-likeness (QED) is 0.311. The van der Waals surface area contributed by atoms with Gasteiger partial charge in [-0.25, -0.2) is 9.59 Å². The summed E-state index contributed by atoms with van der Waals surface area (Å²) in [4.78, 5) is 50.2. The first-order valence-corrected chi connectivity index (χ1v) is 12.5. The number of rotatable bonds is 12. The maximum Gasteiger partial charge on any atom is 0.407 e. The molecular weight excluding hydrogens is 490 g/mol. The summed E-state index contributed by atoms with van der Waals surface area (Å²) in [6.45, 7) is 6.46. The lowest BCUT2D eigenvalue weighted by Crippen LogP contribution is -2.52. The SMILES string of the molecule is CCCC(NC(=O)OC(C)(C)C)C(O)C(=O)NCC(=O)NC(C(=O)OCc1ccccc1)c1ccccc1. The van der Waals surface area contributed by atoms with Gasteiger partial charge in [-0.05, 0) is 38.3 Å². The van der Waals surface area contributed by atoms with E-state index in [9.17, 15) is 24.3 Å². The zero-order chi connectivity index (χ0) is 28.1. The predicted molar refractivity (Wildman–Crippen MR) is 141 cm³/mol. The first-order chi connectivity index (χ1) is 18.0. The number of carbonyl (C=O) groups excluding carboxylic acids is 4. The van der Waals surface area contributed by atoms with E-state index in [1.54, 1.807) is 51.1 Å². The molecule has 4 N–H and O–H groups in total. The molecular formula is C28H37N3O7. The van der Waals surface area contributed by atoms with E-state index in [2.05, 4.69) is 16.0 Å². The van der Waals surface area contributed by atoms with Crippen molar-refractivity contribution >= 4 is 23.9 Å². The lowest BCUT2D eigenvalue weighted by atomic mass is 10.1. The molecule has 0 aliphatic rings. The lowest BCUT2D eigenvalue weighted by Gasteiger charge is -2.26. The summed E-state index contributed by atoms with van der Waals surface area (Å²) in [5, 5.41) is 17.9. The Morgan fingerprint density at radius 2 is 1.53 bits per heavy atom. The number of aliphatic hydroxyl groups is 1. The molecule has 10 heteroatoms. The van der Waals surface area contributed by atoms with Crippen molar-refractivity contribution in [1.82, 2.24) is 16.0 Å². The van der Waals surface area contributed by atoms with Crippen LogP contribution >= 0.6 is 0 Å². The fourth-order valence-electron chi connectivity index (χ4n) is 3.48. The van der Waals surface area contributed by atoms with Crippen LogP contribution in [0.1, 0.15) is 57.7 Å². The minimum atomic E-state index is -1.61. The highest BCUT2D eigenvalue weighted by Crippen LogP contribution is 2.16. The van der Waals surface area contributed by atoms with Crippen molar-refractivity contribution in [2.75, 3.05) is 6.54 Å². The smallest absolute Gasteiger partial charge is 0.407 e. The van der Waals surface area contributed by atoms with Gasteiger partial charge in [-0.15, -0.1) is 0 Å². The van der Waals surface area contributed by atoms with Gasteiger partial charge in [0, 0.05) is 0 Å². The van der Waals surface area contributed by atoms with Gasteiger partial charge in [-0.2, -0.15) is 0 Å². The maximum absolute atomic E-state index is 12.8. The summed E-state index contributed by atoms with van der Waals surface area (Å²) in [6, 6.07) is 15.7. The topological polar surface area (TPSA) is 143 Å². The number of benzene rings is 2. The monoisotopic (exact) mass is 527 g/mol. The van der Waals surface area contributed by atoms with Crippen molar-refractivity contribution in [2.24, 2.45) is 0 Å². The molecule has 0 heterocycles. The Morgan fingerprint density at radius 1 is 0.921 bits per heavy atom. The van der Waals surface area contributed by atoms with Crippen LogP contribution in [-0.2, 0) is 30.5 Å². The molecule has 10 nitrogen and oxygen atoms in total. The first kappa shape index (κ1) is 30.3. The molecule has 0 aliphatic heterocycles. The first-order valence-electron chi connectivity index (χ1n) is 12.5. The summed E-state index contributed by atoms with van der Waals surface area (Å²) >= 11 is 0. The van der Waals surface area contributed by atoms with Gasteiger partial charge in [0.1, 0.15) is 12.2 Å². The second-order valence-electron chi connectivity index (χ2n) is 9.71. The summed E-state index contributed by atoms with van der Waals surface area (Å²) in [7, 11) is 0. The van der Waals surface area contributed by atoms with Crippen LogP contribution in [0.2, 0.25) is 0 Å². The standard InChI is InChI=1S/C28H37N3O7/c1-5-12-21(30-27(36)38-28(2,3)4)24(33)25(34)29-17-22(32)31-23(20-15-10-7-11-16-20)26(35)37-18-19-13-8-6-9-14-19/h6-11,13-16,21,23-24,33H,5,12,17-18H2,1-4H3,(H,29,34)(H,30,36)(H,31,32). The molecule has 206 valence electrons. The van der Waals surface area contributed by atoms with Crippen LogP contribution in [0.4, 0.5) is 4.79 Å². The second kappa shape index (κ2) is 14.7. The van der Waals surface area contributed by atoms with Gasteiger partial charge in [-0.3, -0.25) is 9.59 Å². The number of ether oxygens (including phenoxy) is 2. The summed E-state index contributed by atoms with van der Waals surface area (Å²) in [5.41, 5.74) is 0.556. The number of aliphatic hydroxyl groups excluding tert-OH is 1. The van der Waals surface area contributed by atoms with E-state index in [1.165, 1.54) is 0 Å². The number of nitrogens with one attached hydrogen (secondary N) is 3. The molecule has 3 atom stereocenters. The number of amides is 3. The minimum absolute atomic E-state index is 0.0330. The van der Waals surface area contributed by atoms with E-state index >= 15 is 0 Å². The number of esters is 1. The molecule has 3 amide bonds. The summed E-state index contributed by atoms with van der Waals surface area (Å²) in [5.74, 6) is -2.18. The molecule has 0 aliphatic carbocycles. The van der Waals surface area contributed by atoms with E-state index in [-0.39, 0.29) is 6.61 Å². The Balaban J connectivity index is 1.97. The van der Waals surface area contributed by atoms with E-state index < -0.39 is 54.2 Å². The van der Waals surface area contributed by atoms with Crippen molar-refractivity contribution in [3.05, 3.63) is 71.8 Å². The highest BCUT2D eigenvalue weighted by Gasteiger charge is 2.30. The average molecular weight is 528 g/mol. The summed E-state index contributed by atoms with van der Waals surface area (Å²) < 4.78 is 10.6. The van der Waals surface area contributed by atoms with E-state index in [1.807, 2.05) is 37.3 Å². The van der Waals surface area contributed by atoms with E-state index in [0.29, 0.717) is 18.4 Å². The Bertz CT molecular complexity index is 1060. The van der Waals surface area contributed by atoms with Crippen molar-refractivity contribution in [3.63, 3.8) is 0 Å². The van der Waals surface area contributed by atoms with Gasteiger partial charge in [-0.1, -0.05) is 74.0 Å². The largest absolute Gasteiger partial charge is 0.459 e. The molecule has 0 saturated heterocycles. The number of hydrogen-bond acceptors (Lipinski definition) is 7. The lowest BCUT2D eigenvalue weighted by molar-refractivity contribution is -0.149. The van der Waals surface area contributed by atoms with Gasteiger partial charge < -0.3 is 30.5 Å². The summed E-state index contributed by atoms with van der Waals surface area (Å²) in [6.07, 6.45) is -1.49. The van der Waals surface area contributed by atoms with Crippen molar-refractivity contribution in [3.8, 4) is 0 Å². The van der Waals surface area contributed by atoms with Crippen molar-refractivity contribution < 1.29 is 33.8 Å². The minimum Gasteiger partial charge on any atom is -0.459 e. The van der Waals surface area contributed by atoms with Crippen LogP contribution in [0.3, 0.4) is 0 Å². The maximum atomic E-state index is 12.8. The Kier molecular flexibility index (Phi) is 11.7. The number of hydrogen-bond donors (Lipinski definition) is 4. The average Bonchev–Trinajstić information content (AvgIpc) is 2.88. The van der Waals surface area contributed by atoms with Crippen molar-refractivity contribution in [1.29, 1.82) is 0 Å². The Morgan fingerprint density at radius 3 is 2.11 bits per heavy atom. The van der Waals surface area contributed by atoms with Crippen LogP contribution in [0.25, 0.3) is 0 Å². The van der Waals surface area contributed by atoms with E-state index in [0.717, 1.165) is 5.56 Å².